The maximum absolute atomic E-state index is 5.58. The molecule has 1 aromatic rings. The SMILES string of the molecule is COC(C)CCC(NN)c1sccc1C. The van der Waals surface area contributed by atoms with Gasteiger partial charge in [0.05, 0.1) is 12.1 Å². The molecule has 86 valence electrons. The van der Waals surface area contributed by atoms with Gasteiger partial charge in [-0.05, 0) is 43.7 Å². The van der Waals surface area contributed by atoms with Gasteiger partial charge in [-0.2, -0.15) is 0 Å². The Labute approximate surface area is 95.6 Å². The fourth-order valence-electron chi connectivity index (χ4n) is 1.55. The van der Waals surface area contributed by atoms with Crippen molar-refractivity contribution in [3.8, 4) is 0 Å². The van der Waals surface area contributed by atoms with Crippen molar-refractivity contribution in [2.45, 2.75) is 38.8 Å². The van der Waals surface area contributed by atoms with Crippen LogP contribution in [-0.2, 0) is 4.74 Å². The Hall–Kier alpha value is -0.420. The van der Waals surface area contributed by atoms with Gasteiger partial charge in [-0.15, -0.1) is 11.3 Å². The van der Waals surface area contributed by atoms with E-state index in [0.717, 1.165) is 12.8 Å². The molecule has 1 rings (SSSR count). The molecule has 3 nitrogen and oxygen atoms in total. The Morgan fingerprint density at radius 1 is 1.53 bits per heavy atom. The highest BCUT2D eigenvalue weighted by atomic mass is 32.1. The number of thiophene rings is 1. The molecule has 1 aromatic heterocycles. The number of nitrogens with two attached hydrogens (primary N) is 1. The predicted octanol–water partition coefficient (Wildman–Crippen LogP) is 2.38. The Kier molecular flexibility index (Phi) is 5.25. The summed E-state index contributed by atoms with van der Waals surface area (Å²) in [5.74, 6) is 5.58. The Balaban J connectivity index is 2.53. The molecule has 2 unspecified atom stereocenters. The summed E-state index contributed by atoms with van der Waals surface area (Å²) in [4.78, 5) is 1.33. The summed E-state index contributed by atoms with van der Waals surface area (Å²) in [5.41, 5.74) is 4.19. The number of hydrogen-bond donors (Lipinski definition) is 2. The number of nitrogens with one attached hydrogen (secondary N) is 1. The number of rotatable bonds is 6. The molecule has 0 aliphatic carbocycles. The predicted molar refractivity (Wildman–Crippen MR) is 64.8 cm³/mol. The van der Waals surface area contributed by atoms with Gasteiger partial charge in [0.25, 0.3) is 0 Å². The molecule has 4 heteroatoms. The smallest absolute Gasteiger partial charge is 0.0556 e. The molecule has 3 N–H and O–H groups in total. The average molecular weight is 228 g/mol. The zero-order valence-electron chi connectivity index (χ0n) is 9.62. The second-order valence-corrected chi connectivity index (χ2v) is 4.76. The lowest BCUT2D eigenvalue weighted by Crippen LogP contribution is -2.28. The van der Waals surface area contributed by atoms with Crippen molar-refractivity contribution in [2.24, 2.45) is 5.84 Å². The minimum absolute atomic E-state index is 0.252. The molecule has 0 bridgehead atoms. The number of ether oxygens (including phenoxy) is 1. The van der Waals surface area contributed by atoms with E-state index < -0.39 is 0 Å². The maximum Gasteiger partial charge on any atom is 0.0556 e. The molecule has 0 saturated carbocycles. The second-order valence-electron chi connectivity index (χ2n) is 3.81. The summed E-state index contributed by atoms with van der Waals surface area (Å²) < 4.78 is 5.23. The lowest BCUT2D eigenvalue weighted by molar-refractivity contribution is 0.106. The number of aryl methyl sites for hydroxylation is 1. The zero-order chi connectivity index (χ0) is 11.3. The van der Waals surface area contributed by atoms with Gasteiger partial charge < -0.3 is 4.74 Å². The first-order valence-electron chi connectivity index (χ1n) is 5.22. The van der Waals surface area contributed by atoms with Crippen molar-refractivity contribution in [2.75, 3.05) is 7.11 Å². The maximum atomic E-state index is 5.58. The third kappa shape index (κ3) is 3.57. The molecular weight excluding hydrogens is 208 g/mol. The lowest BCUT2D eigenvalue weighted by Gasteiger charge is -2.17. The molecule has 0 radical (unpaired) electrons. The largest absolute Gasteiger partial charge is 0.382 e. The van der Waals surface area contributed by atoms with Crippen LogP contribution in [0, 0.1) is 6.92 Å². The molecular formula is C11H20N2OS. The Morgan fingerprint density at radius 3 is 2.73 bits per heavy atom. The topological polar surface area (TPSA) is 47.3 Å². The molecule has 0 saturated heterocycles. The van der Waals surface area contributed by atoms with Crippen molar-refractivity contribution in [3.63, 3.8) is 0 Å². The van der Waals surface area contributed by atoms with E-state index >= 15 is 0 Å². The van der Waals surface area contributed by atoms with Gasteiger partial charge in [0.1, 0.15) is 0 Å². The molecule has 0 amide bonds. The van der Waals surface area contributed by atoms with E-state index in [4.69, 9.17) is 10.6 Å². The summed E-state index contributed by atoms with van der Waals surface area (Å²) in [5, 5.41) is 2.11. The van der Waals surface area contributed by atoms with Gasteiger partial charge in [-0.3, -0.25) is 11.3 Å². The summed E-state index contributed by atoms with van der Waals surface area (Å²) in [6, 6.07) is 2.38. The molecule has 2 atom stereocenters. The van der Waals surface area contributed by atoms with Gasteiger partial charge in [-0.25, -0.2) is 0 Å². The van der Waals surface area contributed by atoms with Crippen molar-refractivity contribution in [1.29, 1.82) is 0 Å². The van der Waals surface area contributed by atoms with Crippen LogP contribution in [0.3, 0.4) is 0 Å². The standard InChI is InChI=1S/C11H20N2OS/c1-8-6-7-15-11(8)10(13-12)5-4-9(2)14-3/h6-7,9-10,13H,4-5,12H2,1-3H3. The molecule has 0 spiro atoms. The first-order valence-corrected chi connectivity index (χ1v) is 6.10. The minimum atomic E-state index is 0.252. The minimum Gasteiger partial charge on any atom is -0.382 e. The quantitative estimate of drug-likeness (QED) is 0.580. The molecule has 1 heterocycles. The second kappa shape index (κ2) is 6.23. The van der Waals surface area contributed by atoms with E-state index in [-0.39, 0.29) is 6.04 Å². The Bertz CT molecular complexity index is 288. The van der Waals surface area contributed by atoms with Crippen molar-refractivity contribution in [1.82, 2.24) is 5.43 Å². The van der Waals surface area contributed by atoms with Crippen LogP contribution in [0.4, 0.5) is 0 Å². The zero-order valence-corrected chi connectivity index (χ0v) is 10.4. The first-order chi connectivity index (χ1) is 7.19. The normalized spacial score (nSPS) is 15.2. The number of hydrogen-bond acceptors (Lipinski definition) is 4. The highest BCUT2D eigenvalue weighted by Gasteiger charge is 2.14. The fourth-order valence-corrected chi connectivity index (χ4v) is 2.57. The molecule has 15 heavy (non-hydrogen) atoms. The van der Waals surface area contributed by atoms with Crippen LogP contribution in [-0.4, -0.2) is 13.2 Å². The Morgan fingerprint density at radius 2 is 2.27 bits per heavy atom. The van der Waals surface area contributed by atoms with Crippen molar-refractivity contribution < 1.29 is 4.74 Å². The summed E-state index contributed by atoms with van der Waals surface area (Å²) in [7, 11) is 1.74. The van der Waals surface area contributed by atoms with Gasteiger partial charge in [0.2, 0.25) is 0 Å². The molecule has 0 aromatic carbocycles. The van der Waals surface area contributed by atoms with E-state index in [1.807, 2.05) is 0 Å². The van der Waals surface area contributed by atoms with Crippen molar-refractivity contribution in [3.05, 3.63) is 21.9 Å². The molecule has 0 aliphatic rings. The van der Waals surface area contributed by atoms with Crippen LogP contribution in [0.2, 0.25) is 0 Å². The van der Waals surface area contributed by atoms with Crippen LogP contribution in [0.1, 0.15) is 36.2 Å². The van der Waals surface area contributed by atoms with E-state index in [9.17, 15) is 0 Å². The van der Waals surface area contributed by atoms with Crippen LogP contribution < -0.4 is 11.3 Å². The van der Waals surface area contributed by atoms with Gasteiger partial charge >= 0.3 is 0 Å². The summed E-state index contributed by atoms with van der Waals surface area (Å²) in [6.45, 7) is 4.20. The number of hydrazine groups is 1. The number of methoxy groups -OCH3 is 1. The van der Waals surface area contributed by atoms with Crippen LogP contribution in [0.15, 0.2) is 11.4 Å². The van der Waals surface area contributed by atoms with E-state index in [2.05, 4.69) is 30.7 Å². The van der Waals surface area contributed by atoms with Crippen LogP contribution in [0.5, 0.6) is 0 Å². The monoisotopic (exact) mass is 228 g/mol. The van der Waals surface area contributed by atoms with E-state index in [1.54, 1.807) is 18.4 Å². The van der Waals surface area contributed by atoms with Gasteiger partial charge in [-0.1, -0.05) is 0 Å². The van der Waals surface area contributed by atoms with Crippen LogP contribution >= 0.6 is 11.3 Å². The third-order valence-corrected chi connectivity index (χ3v) is 3.82. The highest BCUT2D eigenvalue weighted by molar-refractivity contribution is 7.10. The first kappa shape index (κ1) is 12.6. The summed E-state index contributed by atoms with van der Waals surface area (Å²) >= 11 is 1.76. The third-order valence-electron chi connectivity index (χ3n) is 2.68. The van der Waals surface area contributed by atoms with E-state index in [1.165, 1.54) is 10.4 Å². The average Bonchev–Trinajstić information content (AvgIpc) is 2.65. The van der Waals surface area contributed by atoms with Gasteiger partial charge in [0, 0.05) is 12.0 Å². The van der Waals surface area contributed by atoms with E-state index in [0.29, 0.717) is 6.10 Å². The fraction of sp³-hybridized carbons (Fsp3) is 0.636. The lowest BCUT2D eigenvalue weighted by atomic mass is 10.1. The molecule has 0 fully saturated rings. The highest BCUT2D eigenvalue weighted by Crippen LogP contribution is 2.27. The summed E-state index contributed by atoms with van der Waals surface area (Å²) in [6.07, 6.45) is 2.32. The van der Waals surface area contributed by atoms with Crippen molar-refractivity contribution >= 4 is 11.3 Å². The van der Waals surface area contributed by atoms with Gasteiger partial charge in [0.15, 0.2) is 0 Å². The molecule has 0 aliphatic heterocycles. The van der Waals surface area contributed by atoms with Crippen LogP contribution in [0.25, 0.3) is 0 Å².